The van der Waals surface area contributed by atoms with Gasteiger partial charge in [0.1, 0.15) is 10.7 Å². The number of carbonyl (C=O) groups is 4. The Morgan fingerprint density at radius 3 is 2.52 bits per heavy atom. The highest BCUT2D eigenvalue weighted by molar-refractivity contribution is 9.10. The molecule has 1 heterocycles. The number of ether oxygens (including phenoxy) is 1. The Morgan fingerprint density at radius 2 is 1.79 bits per heavy atom. The number of methoxy groups -OCH3 is 1. The van der Waals surface area contributed by atoms with E-state index in [1.165, 1.54) is 30.2 Å². The van der Waals surface area contributed by atoms with Crippen molar-refractivity contribution in [3.63, 3.8) is 0 Å². The summed E-state index contributed by atoms with van der Waals surface area (Å²) in [5.41, 5.74) is 3.16. The molecule has 48 heavy (non-hydrogen) atoms. The Kier molecular flexibility index (Phi) is 11.9. The van der Waals surface area contributed by atoms with E-state index in [0.717, 1.165) is 44.6 Å². The first kappa shape index (κ1) is 35.1. The number of thiophene rings is 1. The average Bonchev–Trinajstić information content (AvgIpc) is 3.43. The van der Waals surface area contributed by atoms with Crippen molar-refractivity contribution < 1.29 is 23.9 Å². The molecule has 248 valence electrons. The normalized spacial score (nSPS) is 14.8. The van der Waals surface area contributed by atoms with Crippen LogP contribution in [0.2, 0.25) is 0 Å². The average molecular weight is 747 g/mol. The third kappa shape index (κ3) is 8.83. The molecule has 4 aromatic rings. The summed E-state index contributed by atoms with van der Waals surface area (Å²) in [6.07, 6.45) is 4.80. The fraction of sp³-hybridized carbons (Fsp3) is 0.243. The van der Waals surface area contributed by atoms with E-state index >= 15 is 0 Å². The first-order valence-electron chi connectivity index (χ1n) is 15.6. The molecular formula is C37H36BrN3O5S2. The summed E-state index contributed by atoms with van der Waals surface area (Å²) in [6.45, 7) is 4.12. The Bertz CT molecular complexity index is 1860. The highest BCUT2D eigenvalue weighted by atomic mass is 79.9. The molecule has 0 spiro atoms. The van der Waals surface area contributed by atoms with Crippen molar-refractivity contribution in [1.82, 2.24) is 5.32 Å². The molecule has 2 unspecified atom stereocenters. The van der Waals surface area contributed by atoms with E-state index in [0.29, 0.717) is 34.2 Å². The standard InChI is InChI=1S/C37H36BrN3O5S2/c1-4-30(35(44)41-36-32(37(45)46-3)28-17-16-22(2)18-31(28)48-36)47-27-15-9-14-26(21-27)39-34(43)29(20-23-10-8-13-25(38)19-23)40-33(42)24-11-6-5-7-12-24/h5-15,19-22,30H,4,16-18H2,1-3H3,(H,39,43)(H,40,42)(H,41,44)/b29-20+. The summed E-state index contributed by atoms with van der Waals surface area (Å²) < 4.78 is 5.92. The fourth-order valence-electron chi connectivity index (χ4n) is 5.39. The molecule has 11 heteroatoms. The third-order valence-electron chi connectivity index (χ3n) is 7.86. The maximum Gasteiger partial charge on any atom is 0.341 e. The van der Waals surface area contributed by atoms with Gasteiger partial charge in [-0.15, -0.1) is 23.1 Å². The van der Waals surface area contributed by atoms with Crippen LogP contribution >= 0.6 is 39.0 Å². The van der Waals surface area contributed by atoms with Gasteiger partial charge in [0.25, 0.3) is 11.8 Å². The number of hydrogen-bond acceptors (Lipinski definition) is 7. The number of rotatable bonds is 11. The molecule has 3 amide bonds. The van der Waals surface area contributed by atoms with Crippen LogP contribution in [0.3, 0.4) is 0 Å². The summed E-state index contributed by atoms with van der Waals surface area (Å²) in [6, 6.07) is 23.3. The Hall–Kier alpha value is -4.19. The lowest BCUT2D eigenvalue weighted by atomic mass is 9.88. The lowest BCUT2D eigenvalue weighted by molar-refractivity contribution is -0.116. The van der Waals surface area contributed by atoms with Gasteiger partial charge in [-0.25, -0.2) is 4.79 Å². The minimum absolute atomic E-state index is 0.0697. The molecule has 0 saturated carbocycles. The third-order valence-corrected chi connectivity index (χ3v) is 10.9. The number of thioether (sulfide) groups is 1. The SMILES string of the molecule is CCC(Sc1cccc(NC(=O)/C(=C\c2cccc(Br)c2)NC(=O)c2ccccc2)c1)C(=O)Nc1sc2c(c1C(=O)OC)CCC(C)C2. The highest BCUT2D eigenvalue weighted by Gasteiger charge is 2.30. The van der Waals surface area contributed by atoms with Crippen molar-refractivity contribution in [2.75, 3.05) is 17.7 Å². The first-order chi connectivity index (χ1) is 23.1. The van der Waals surface area contributed by atoms with Gasteiger partial charge < -0.3 is 20.7 Å². The van der Waals surface area contributed by atoms with E-state index < -0.39 is 23.0 Å². The second-order valence-electron chi connectivity index (χ2n) is 11.5. The van der Waals surface area contributed by atoms with Gasteiger partial charge >= 0.3 is 5.97 Å². The quantitative estimate of drug-likeness (QED) is 0.0809. The first-order valence-corrected chi connectivity index (χ1v) is 18.1. The van der Waals surface area contributed by atoms with Crippen molar-refractivity contribution in [1.29, 1.82) is 0 Å². The molecule has 3 N–H and O–H groups in total. The minimum Gasteiger partial charge on any atom is -0.465 e. The molecule has 1 aliphatic rings. The molecule has 0 saturated heterocycles. The topological polar surface area (TPSA) is 114 Å². The predicted octanol–water partition coefficient (Wildman–Crippen LogP) is 8.34. The zero-order valence-corrected chi connectivity index (χ0v) is 30.0. The maximum atomic E-state index is 13.6. The lowest BCUT2D eigenvalue weighted by Crippen LogP contribution is -2.30. The smallest absolute Gasteiger partial charge is 0.341 e. The molecule has 0 radical (unpaired) electrons. The van der Waals surface area contributed by atoms with Crippen LogP contribution in [0.1, 0.15) is 63.4 Å². The van der Waals surface area contributed by atoms with E-state index in [2.05, 4.69) is 38.8 Å². The summed E-state index contributed by atoms with van der Waals surface area (Å²) in [5, 5.41) is 8.75. The summed E-state index contributed by atoms with van der Waals surface area (Å²) >= 11 is 6.28. The summed E-state index contributed by atoms with van der Waals surface area (Å²) in [4.78, 5) is 54.8. The van der Waals surface area contributed by atoms with Crippen molar-refractivity contribution >= 4 is 79.5 Å². The number of hydrogen-bond donors (Lipinski definition) is 3. The number of benzene rings is 3. The lowest BCUT2D eigenvalue weighted by Gasteiger charge is -2.18. The maximum absolute atomic E-state index is 13.6. The molecule has 5 rings (SSSR count). The van der Waals surface area contributed by atoms with Crippen LogP contribution in [0.25, 0.3) is 6.08 Å². The molecule has 8 nitrogen and oxygen atoms in total. The van der Waals surface area contributed by atoms with E-state index in [4.69, 9.17) is 4.74 Å². The van der Waals surface area contributed by atoms with E-state index in [-0.39, 0.29) is 11.6 Å². The number of nitrogens with one attached hydrogen (secondary N) is 3. The van der Waals surface area contributed by atoms with Crippen LogP contribution in [0, 0.1) is 5.92 Å². The van der Waals surface area contributed by atoms with Crippen molar-refractivity contribution in [2.45, 2.75) is 49.7 Å². The van der Waals surface area contributed by atoms with E-state index in [1.54, 1.807) is 48.5 Å². The van der Waals surface area contributed by atoms with Gasteiger partial charge in [0, 0.05) is 25.5 Å². The highest BCUT2D eigenvalue weighted by Crippen LogP contribution is 2.40. The molecule has 1 aromatic heterocycles. The van der Waals surface area contributed by atoms with Crippen LogP contribution in [0.15, 0.2) is 93.9 Å². The molecule has 2 atom stereocenters. The fourth-order valence-corrected chi connectivity index (χ4v) is 8.22. The Morgan fingerprint density at radius 1 is 1.02 bits per heavy atom. The predicted molar refractivity (Wildman–Crippen MR) is 197 cm³/mol. The van der Waals surface area contributed by atoms with Crippen molar-refractivity contribution in [3.8, 4) is 0 Å². The van der Waals surface area contributed by atoms with Crippen LogP contribution in [-0.2, 0) is 27.2 Å². The summed E-state index contributed by atoms with van der Waals surface area (Å²) in [7, 11) is 1.36. The Labute approximate surface area is 296 Å². The zero-order chi connectivity index (χ0) is 34.2. The molecule has 3 aromatic carbocycles. The molecule has 1 aliphatic carbocycles. The second kappa shape index (κ2) is 16.3. The van der Waals surface area contributed by atoms with Gasteiger partial charge in [-0.05, 0) is 91.3 Å². The van der Waals surface area contributed by atoms with Crippen LogP contribution in [0.5, 0.6) is 0 Å². The number of esters is 1. The Balaban J connectivity index is 1.32. The van der Waals surface area contributed by atoms with Gasteiger partial charge in [0.2, 0.25) is 5.91 Å². The number of carbonyl (C=O) groups excluding carboxylic acids is 4. The summed E-state index contributed by atoms with van der Waals surface area (Å²) in [5.74, 6) is -1.04. The van der Waals surface area contributed by atoms with Gasteiger partial charge in [-0.2, -0.15) is 0 Å². The molecule has 0 aliphatic heterocycles. The molecule has 0 fully saturated rings. The van der Waals surface area contributed by atoms with E-state index in [9.17, 15) is 19.2 Å². The monoisotopic (exact) mass is 745 g/mol. The number of halogens is 1. The van der Waals surface area contributed by atoms with Crippen molar-refractivity contribution in [2.24, 2.45) is 5.92 Å². The van der Waals surface area contributed by atoms with Gasteiger partial charge in [0.15, 0.2) is 0 Å². The van der Waals surface area contributed by atoms with Gasteiger partial charge in [-0.3, -0.25) is 14.4 Å². The zero-order valence-electron chi connectivity index (χ0n) is 26.8. The van der Waals surface area contributed by atoms with Crippen LogP contribution < -0.4 is 16.0 Å². The number of amides is 3. The minimum atomic E-state index is -0.502. The molecule has 0 bridgehead atoms. The number of fused-ring (bicyclic) bond motifs is 1. The van der Waals surface area contributed by atoms with Crippen LogP contribution in [0.4, 0.5) is 10.7 Å². The number of anilines is 2. The van der Waals surface area contributed by atoms with Crippen molar-refractivity contribution in [3.05, 3.63) is 116 Å². The van der Waals surface area contributed by atoms with E-state index in [1.807, 2.05) is 43.3 Å². The largest absolute Gasteiger partial charge is 0.465 e. The van der Waals surface area contributed by atoms with Crippen LogP contribution in [-0.4, -0.2) is 36.1 Å². The van der Waals surface area contributed by atoms with Gasteiger partial charge in [-0.1, -0.05) is 66.2 Å². The van der Waals surface area contributed by atoms with Gasteiger partial charge in [0.05, 0.1) is 17.9 Å². The molecular weight excluding hydrogens is 710 g/mol. The second-order valence-corrected chi connectivity index (χ2v) is 14.8.